The Bertz CT molecular complexity index is 1110. The summed E-state index contributed by atoms with van der Waals surface area (Å²) in [4.78, 5) is 4.11. The molecule has 3 nitrogen and oxygen atoms in total. The monoisotopic (exact) mass is 464 g/mol. The smallest absolute Gasteiger partial charge is 0 e. The molecule has 1 N–H and O–H groups in total. The third-order valence-electron chi connectivity index (χ3n) is 4.43. The van der Waals surface area contributed by atoms with Crippen LogP contribution in [0.4, 0.5) is 0 Å². The topological polar surface area (TPSA) is 58.5 Å². The van der Waals surface area contributed by atoms with Crippen molar-refractivity contribution in [3.05, 3.63) is 138 Å². The molecular formula is C26H21N3Y-2. The summed E-state index contributed by atoms with van der Waals surface area (Å²) in [6.45, 7) is 7.52. The Kier molecular flexibility index (Phi) is 8.85. The molecule has 3 aromatic carbocycles. The van der Waals surface area contributed by atoms with Crippen LogP contribution in [0.2, 0.25) is 0 Å². The Labute approximate surface area is 203 Å². The first kappa shape index (κ1) is 23.4. The van der Waals surface area contributed by atoms with Gasteiger partial charge in [0, 0.05) is 32.7 Å². The summed E-state index contributed by atoms with van der Waals surface area (Å²) in [6, 6.07) is 24.8. The van der Waals surface area contributed by atoms with E-state index in [1.807, 2.05) is 78.9 Å². The predicted octanol–water partition coefficient (Wildman–Crippen LogP) is 6.92. The molecule has 0 spiro atoms. The first-order valence-corrected chi connectivity index (χ1v) is 9.20. The molecule has 0 aliphatic carbocycles. The van der Waals surface area contributed by atoms with Gasteiger partial charge in [-0.2, -0.15) is 0 Å². The number of hydrogen-bond acceptors (Lipinski definition) is 0. The van der Waals surface area contributed by atoms with Crippen LogP contribution in [0.5, 0.6) is 0 Å². The fraction of sp³-hybridized carbons (Fsp3) is 0. The molecule has 0 bridgehead atoms. The van der Waals surface area contributed by atoms with E-state index in [0.717, 1.165) is 22.3 Å². The molecule has 0 heterocycles. The first-order valence-electron chi connectivity index (χ1n) is 9.20. The van der Waals surface area contributed by atoms with E-state index >= 15 is 0 Å². The van der Waals surface area contributed by atoms with E-state index in [1.165, 1.54) is 0 Å². The molecule has 0 saturated heterocycles. The Morgan fingerprint density at radius 3 is 2.13 bits per heavy atom. The van der Waals surface area contributed by atoms with Gasteiger partial charge in [-0.25, -0.2) is 0 Å². The third-order valence-corrected chi connectivity index (χ3v) is 4.43. The average molecular weight is 464 g/mol. The SMILES string of the molecule is C=C/C=C(\C=C)c1cccc(C(=[N-])N=C([NH-])c2cccc(-c3ccccc3)c2)c1.[Y]. The molecule has 3 rings (SSSR count). The van der Waals surface area contributed by atoms with Gasteiger partial charge in [-0.05, 0) is 45.5 Å². The van der Waals surface area contributed by atoms with Gasteiger partial charge in [0.25, 0.3) is 0 Å². The molecule has 0 saturated carbocycles. The van der Waals surface area contributed by atoms with Crippen molar-refractivity contribution in [2.24, 2.45) is 4.99 Å². The van der Waals surface area contributed by atoms with Gasteiger partial charge in [-0.15, -0.1) is 0 Å². The van der Waals surface area contributed by atoms with Gasteiger partial charge in [0.15, 0.2) is 0 Å². The summed E-state index contributed by atoms with van der Waals surface area (Å²) in [5, 5.41) is 10.5. The number of benzene rings is 3. The summed E-state index contributed by atoms with van der Waals surface area (Å²) < 4.78 is 0. The van der Waals surface area contributed by atoms with E-state index in [1.54, 1.807) is 18.2 Å². The summed E-state index contributed by atoms with van der Waals surface area (Å²) in [5.41, 5.74) is 13.3. The molecule has 1 radical (unpaired) electrons. The van der Waals surface area contributed by atoms with Crippen LogP contribution in [0, 0.1) is 0 Å². The normalized spacial score (nSPS) is 11.3. The van der Waals surface area contributed by atoms with E-state index in [-0.39, 0.29) is 44.4 Å². The average Bonchev–Trinajstić information content (AvgIpc) is 2.78. The van der Waals surface area contributed by atoms with Crippen molar-refractivity contribution >= 4 is 17.2 Å². The summed E-state index contributed by atoms with van der Waals surface area (Å²) in [7, 11) is 0. The molecule has 0 aliphatic rings. The van der Waals surface area contributed by atoms with Crippen molar-refractivity contribution in [1.29, 1.82) is 0 Å². The standard InChI is InChI=1S/C26H21N3.Y/c1-3-10-19(4-2)21-13-8-15-23(17-21)25(27)29-26(28)24-16-9-14-22(18-24)20-11-6-5-7-12-20;/h3-18H,1-2H2,(H-2,27,28,29);/q-2;/b19-10+;. The number of rotatable bonds is 6. The minimum absolute atomic E-state index is 0. The molecule has 0 aromatic heterocycles. The van der Waals surface area contributed by atoms with E-state index in [9.17, 15) is 5.41 Å². The fourth-order valence-corrected chi connectivity index (χ4v) is 2.96. The zero-order chi connectivity index (χ0) is 20.6. The van der Waals surface area contributed by atoms with Crippen LogP contribution < -0.4 is 0 Å². The molecule has 0 fully saturated rings. The molecule has 0 atom stereocenters. The van der Waals surface area contributed by atoms with E-state index in [2.05, 4.69) is 18.2 Å². The van der Waals surface area contributed by atoms with Crippen molar-refractivity contribution in [2.75, 3.05) is 0 Å². The second-order valence-electron chi connectivity index (χ2n) is 6.37. The van der Waals surface area contributed by atoms with Crippen molar-refractivity contribution in [3.63, 3.8) is 0 Å². The molecule has 3 aromatic rings. The van der Waals surface area contributed by atoms with Gasteiger partial charge >= 0.3 is 0 Å². The predicted molar refractivity (Wildman–Crippen MR) is 125 cm³/mol. The molecule has 4 heteroatoms. The minimum atomic E-state index is -0.205. The van der Waals surface area contributed by atoms with Gasteiger partial charge in [-0.1, -0.05) is 110 Å². The Hall–Kier alpha value is -2.88. The van der Waals surface area contributed by atoms with Crippen molar-refractivity contribution < 1.29 is 32.7 Å². The maximum absolute atomic E-state index is 10.5. The van der Waals surface area contributed by atoms with Crippen molar-refractivity contribution in [2.45, 2.75) is 0 Å². The third kappa shape index (κ3) is 5.82. The zero-order valence-electron chi connectivity index (χ0n) is 16.6. The molecule has 145 valence electrons. The Morgan fingerprint density at radius 2 is 1.43 bits per heavy atom. The maximum atomic E-state index is 10.5. The van der Waals surface area contributed by atoms with Crippen LogP contribution in [0.25, 0.3) is 27.8 Å². The van der Waals surface area contributed by atoms with E-state index < -0.39 is 0 Å². The first-order chi connectivity index (χ1) is 14.1. The zero-order valence-corrected chi connectivity index (χ0v) is 19.5. The van der Waals surface area contributed by atoms with Crippen LogP contribution in [0.15, 0.2) is 115 Å². The van der Waals surface area contributed by atoms with Gasteiger partial charge in [0.1, 0.15) is 0 Å². The van der Waals surface area contributed by atoms with Gasteiger partial charge in [0.2, 0.25) is 0 Å². The molecule has 30 heavy (non-hydrogen) atoms. The van der Waals surface area contributed by atoms with Crippen molar-refractivity contribution in [1.82, 2.24) is 0 Å². The Morgan fingerprint density at radius 1 is 0.800 bits per heavy atom. The fourth-order valence-electron chi connectivity index (χ4n) is 2.96. The maximum Gasteiger partial charge on any atom is 0 e. The van der Waals surface area contributed by atoms with Gasteiger partial charge < -0.3 is 16.1 Å². The van der Waals surface area contributed by atoms with Crippen LogP contribution in [-0.2, 0) is 32.7 Å². The van der Waals surface area contributed by atoms with Gasteiger partial charge in [-0.3, -0.25) is 0 Å². The van der Waals surface area contributed by atoms with Crippen molar-refractivity contribution in [3.8, 4) is 11.1 Å². The molecule has 0 amide bonds. The number of hydrogen-bond donors (Lipinski definition) is 0. The summed E-state index contributed by atoms with van der Waals surface area (Å²) >= 11 is 0. The summed E-state index contributed by atoms with van der Waals surface area (Å²) in [6.07, 6.45) is 5.26. The number of nitrogens with one attached hydrogen (secondary N) is 1. The van der Waals surface area contributed by atoms with E-state index in [4.69, 9.17) is 5.73 Å². The molecule has 0 unspecified atom stereocenters. The second-order valence-corrected chi connectivity index (χ2v) is 6.37. The number of amidine groups is 2. The number of aliphatic imine (C=N–C) groups is 1. The molecule has 0 aliphatic heterocycles. The Balaban J connectivity index is 0.00000320. The number of allylic oxidation sites excluding steroid dienone is 4. The van der Waals surface area contributed by atoms with Crippen LogP contribution in [0.1, 0.15) is 16.7 Å². The quantitative estimate of drug-likeness (QED) is 0.216. The second kappa shape index (κ2) is 11.3. The number of nitrogens with zero attached hydrogens (tertiary/aromatic N) is 2. The van der Waals surface area contributed by atoms with Crippen LogP contribution >= 0.6 is 0 Å². The largest absolute Gasteiger partial charge is 0.482 e. The van der Waals surface area contributed by atoms with Crippen LogP contribution in [0.3, 0.4) is 0 Å². The summed E-state index contributed by atoms with van der Waals surface area (Å²) in [5.74, 6) is -0.208. The van der Waals surface area contributed by atoms with E-state index in [0.29, 0.717) is 11.1 Å². The molecular weight excluding hydrogens is 443 g/mol. The van der Waals surface area contributed by atoms with Gasteiger partial charge in [0.05, 0.1) is 0 Å². The van der Waals surface area contributed by atoms with Crippen LogP contribution in [-0.4, -0.2) is 11.7 Å². The minimum Gasteiger partial charge on any atom is -0.482 e.